The minimum absolute atomic E-state index is 0.382. The Morgan fingerprint density at radius 1 is 1.29 bits per heavy atom. The molecule has 0 aromatic rings. The van der Waals surface area contributed by atoms with Crippen LogP contribution in [0.3, 0.4) is 0 Å². The van der Waals surface area contributed by atoms with E-state index in [1.807, 2.05) is 0 Å². The van der Waals surface area contributed by atoms with E-state index >= 15 is 0 Å². The Hall–Kier alpha value is -0.850. The molecule has 0 N–H and O–H groups in total. The molecule has 3 rings (SSSR count). The lowest BCUT2D eigenvalue weighted by Crippen LogP contribution is -2.51. The first kappa shape index (κ1) is 18.0. The summed E-state index contributed by atoms with van der Waals surface area (Å²) in [5.74, 6) is 2.95. The molecule has 3 fully saturated rings. The fraction of sp³-hybridized carbons (Fsp3) is 0.857. The third kappa shape index (κ3) is 3.28. The van der Waals surface area contributed by atoms with Gasteiger partial charge in [0, 0.05) is 13.5 Å². The van der Waals surface area contributed by atoms with Crippen LogP contribution in [0.15, 0.2) is 12.2 Å². The largest absolute Gasteiger partial charge is 0.359 e. The first-order chi connectivity index (χ1) is 11.6. The van der Waals surface area contributed by atoms with Crippen LogP contribution >= 0.6 is 0 Å². The molecule has 3 nitrogen and oxygen atoms in total. The summed E-state index contributed by atoms with van der Waals surface area (Å²) in [6.07, 6.45) is 10.9. The Bertz CT molecular complexity index is 497. The van der Waals surface area contributed by atoms with Crippen LogP contribution in [0, 0.1) is 40.4 Å². The molecule has 3 aliphatic carbocycles. The number of fused-ring (bicyclic) bond motifs is 3. The number of hydrogen-bond acceptors (Lipinski definition) is 3. The van der Waals surface area contributed by atoms with Gasteiger partial charge in [-0.05, 0) is 80.5 Å². The van der Waals surface area contributed by atoms with Crippen LogP contribution in [0.5, 0.6) is 0 Å². The van der Waals surface area contributed by atoms with Crippen molar-refractivity contribution in [2.75, 3.05) is 13.9 Å². The van der Waals surface area contributed by atoms with Gasteiger partial charge in [0.05, 0.1) is 12.2 Å². The molecule has 0 amide bonds. The van der Waals surface area contributed by atoms with Crippen LogP contribution in [-0.4, -0.2) is 20.0 Å². The Balaban J connectivity index is 1.71. The van der Waals surface area contributed by atoms with Crippen molar-refractivity contribution >= 4 is 0 Å². The summed E-state index contributed by atoms with van der Waals surface area (Å²) in [7, 11) is 1.70. The maximum Gasteiger partial charge on any atom is 0.146 e. The Labute approximate surface area is 147 Å². The third-order valence-electron chi connectivity index (χ3n) is 7.50. The second-order valence-corrected chi connectivity index (χ2v) is 8.52. The smallest absolute Gasteiger partial charge is 0.146 e. The van der Waals surface area contributed by atoms with Gasteiger partial charge in [0.2, 0.25) is 0 Å². The van der Waals surface area contributed by atoms with Crippen LogP contribution in [0.1, 0.15) is 64.7 Å². The molecule has 0 bridgehead atoms. The minimum Gasteiger partial charge on any atom is -0.359 e. The zero-order valence-electron chi connectivity index (χ0n) is 15.4. The minimum atomic E-state index is 0.382. The van der Waals surface area contributed by atoms with Crippen molar-refractivity contribution in [1.29, 1.82) is 5.26 Å². The first-order valence-electron chi connectivity index (χ1n) is 9.75. The van der Waals surface area contributed by atoms with Crippen molar-refractivity contribution in [3.63, 3.8) is 0 Å². The summed E-state index contributed by atoms with van der Waals surface area (Å²) in [5, 5.41) is 9.01. The predicted molar refractivity (Wildman–Crippen MR) is 95.1 cm³/mol. The fourth-order valence-electron chi connectivity index (χ4n) is 6.21. The van der Waals surface area contributed by atoms with E-state index in [-0.39, 0.29) is 0 Å². The van der Waals surface area contributed by atoms with Gasteiger partial charge in [0.25, 0.3) is 0 Å². The van der Waals surface area contributed by atoms with Crippen LogP contribution in [-0.2, 0) is 9.47 Å². The SMILES string of the molecule is C=C1CC[C@H]2[C@@H](CC[C@H]3C[C@@H](OCOC)CC[C@@]32C)[C@@H]1CCC#N. The quantitative estimate of drug-likeness (QED) is 0.521. The molecule has 0 aromatic heterocycles. The van der Waals surface area contributed by atoms with E-state index in [9.17, 15) is 0 Å². The van der Waals surface area contributed by atoms with Gasteiger partial charge in [0.1, 0.15) is 6.79 Å². The number of rotatable bonds is 5. The zero-order valence-corrected chi connectivity index (χ0v) is 15.4. The molecule has 3 aliphatic rings. The zero-order chi connectivity index (χ0) is 17.2. The monoisotopic (exact) mass is 331 g/mol. The maximum absolute atomic E-state index is 9.01. The van der Waals surface area contributed by atoms with E-state index in [0.29, 0.717) is 30.7 Å². The van der Waals surface area contributed by atoms with Gasteiger partial charge in [-0.15, -0.1) is 0 Å². The van der Waals surface area contributed by atoms with Crippen molar-refractivity contribution in [3.8, 4) is 6.07 Å². The number of nitrogens with zero attached hydrogens (tertiary/aromatic N) is 1. The number of methoxy groups -OCH3 is 1. The molecule has 3 saturated carbocycles. The summed E-state index contributed by atoms with van der Waals surface area (Å²) >= 11 is 0. The molecule has 24 heavy (non-hydrogen) atoms. The number of allylic oxidation sites excluding steroid dienone is 1. The van der Waals surface area contributed by atoms with E-state index in [1.54, 1.807) is 7.11 Å². The highest BCUT2D eigenvalue weighted by molar-refractivity contribution is 5.13. The van der Waals surface area contributed by atoms with Crippen LogP contribution in [0.2, 0.25) is 0 Å². The van der Waals surface area contributed by atoms with Gasteiger partial charge in [0.15, 0.2) is 0 Å². The molecule has 0 aliphatic heterocycles. The number of nitriles is 1. The molecule has 0 unspecified atom stereocenters. The molecule has 3 heteroatoms. The van der Waals surface area contributed by atoms with Crippen molar-refractivity contribution in [2.45, 2.75) is 70.8 Å². The summed E-state index contributed by atoms with van der Waals surface area (Å²) in [4.78, 5) is 0. The highest BCUT2D eigenvalue weighted by atomic mass is 16.7. The second kappa shape index (κ2) is 7.58. The van der Waals surface area contributed by atoms with E-state index < -0.39 is 0 Å². The maximum atomic E-state index is 9.01. The normalized spacial score (nSPS) is 42.0. The summed E-state index contributed by atoms with van der Waals surface area (Å²) in [6.45, 7) is 7.35. The highest BCUT2D eigenvalue weighted by Crippen LogP contribution is 2.61. The van der Waals surface area contributed by atoms with E-state index in [4.69, 9.17) is 14.7 Å². The summed E-state index contributed by atoms with van der Waals surface area (Å²) in [6, 6.07) is 2.35. The lowest BCUT2D eigenvalue weighted by molar-refractivity contribution is -0.136. The molecular weight excluding hydrogens is 298 g/mol. The molecule has 0 spiro atoms. The molecule has 0 radical (unpaired) electrons. The van der Waals surface area contributed by atoms with Gasteiger partial charge in [-0.2, -0.15) is 5.26 Å². The molecule has 0 heterocycles. The van der Waals surface area contributed by atoms with E-state index in [1.165, 1.54) is 50.5 Å². The van der Waals surface area contributed by atoms with Crippen LogP contribution in [0.25, 0.3) is 0 Å². The molecule has 6 atom stereocenters. The Morgan fingerprint density at radius 2 is 2.12 bits per heavy atom. The lowest BCUT2D eigenvalue weighted by atomic mass is 9.47. The van der Waals surface area contributed by atoms with Crippen molar-refractivity contribution in [2.24, 2.45) is 29.1 Å². The summed E-state index contributed by atoms with van der Waals surface area (Å²) in [5.41, 5.74) is 1.88. The first-order valence-corrected chi connectivity index (χ1v) is 9.75. The van der Waals surface area contributed by atoms with E-state index in [0.717, 1.165) is 24.2 Å². The van der Waals surface area contributed by atoms with Gasteiger partial charge < -0.3 is 9.47 Å². The highest BCUT2D eigenvalue weighted by Gasteiger charge is 2.53. The van der Waals surface area contributed by atoms with Gasteiger partial charge in [-0.1, -0.05) is 19.1 Å². The van der Waals surface area contributed by atoms with E-state index in [2.05, 4.69) is 19.6 Å². The van der Waals surface area contributed by atoms with Crippen molar-refractivity contribution in [1.82, 2.24) is 0 Å². The number of ether oxygens (including phenoxy) is 2. The standard InChI is InChI=1S/C21H33NO2/c1-15-6-9-20-19(18(15)5-4-12-22)8-7-16-13-17(24-14-23-3)10-11-21(16,20)2/h16-20H,1,4-11,13-14H2,2-3H3/t16-,17-,18+,19-,20-,21-/m0/s1. The Kier molecular flexibility index (Phi) is 5.67. The Morgan fingerprint density at radius 3 is 2.88 bits per heavy atom. The van der Waals surface area contributed by atoms with Crippen LogP contribution in [0.4, 0.5) is 0 Å². The molecule has 0 aromatic carbocycles. The molecule has 0 saturated heterocycles. The topological polar surface area (TPSA) is 42.2 Å². The predicted octanol–water partition coefficient (Wildman–Crippen LogP) is 5.08. The summed E-state index contributed by atoms with van der Waals surface area (Å²) < 4.78 is 11.0. The van der Waals surface area contributed by atoms with Crippen molar-refractivity contribution in [3.05, 3.63) is 12.2 Å². The molecule has 134 valence electrons. The lowest BCUT2D eigenvalue weighted by Gasteiger charge is -2.58. The third-order valence-corrected chi connectivity index (χ3v) is 7.50. The second-order valence-electron chi connectivity index (χ2n) is 8.52. The van der Waals surface area contributed by atoms with Crippen molar-refractivity contribution < 1.29 is 9.47 Å². The average molecular weight is 332 g/mol. The van der Waals surface area contributed by atoms with Crippen LogP contribution < -0.4 is 0 Å². The average Bonchev–Trinajstić information content (AvgIpc) is 2.58. The molecular formula is C21H33NO2. The van der Waals surface area contributed by atoms with Gasteiger partial charge >= 0.3 is 0 Å². The van der Waals surface area contributed by atoms with Gasteiger partial charge in [-0.3, -0.25) is 0 Å². The fourth-order valence-corrected chi connectivity index (χ4v) is 6.21. The van der Waals surface area contributed by atoms with Gasteiger partial charge in [-0.25, -0.2) is 0 Å². The number of hydrogen-bond donors (Lipinski definition) is 0.